The second kappa shape index (κ2) is 6.42. The molecule has 0 radical (unpaired) electrons. The van der Waals surface area contributed by atoms with Gasteiger partial charge in [-0.05, 0) is 12.1 Å². The maximum atomic E-state index is 5.31. The van der Waals surface area contributed by atoms with Gasteiger partial charge in [-0.3, -0.25) is 4.90 Å². The van der Waals surface area contributed by atoms with E-state index in [0.717, 1.165) is 51.0 Å². The Morgan fingerprint density at radius 1 is 1.47 bits per heavy atom. The van der Waals surface area contributed by atoms with Crippen molar-refractivity contribution < 1.29 is 9.47 Å². The first kappa shape index (κ1) is 12.1. The molecule has 1 aliphatic heterocycles. The first-order valence-corrected chi connectivity index (χ1v) is 5.93. The Balaban J connectivity index is 1.77. The van der Waals surface area contributed by atoms with E-state index < -0.39 is 0 Å². The smallest absolute Gasteiger partial charge is 0.168 e. The van der Waals surface area contributed by atoms with Crippen molar-refractivity contribution in [1.29, 1.82) is 0 Å². The number of pyridine rings is 1. The number of hydrogen-bond acceptors (Lipinski definition) is 5. The molecule has 1 aliphatic rings. The Kier molecular flexibility index (Phi) is 4.58. The van der Waals surface area contributed by atoms with Gasteiger partial charge in [0.15, 0.2) is 11.6 Å². The molecule has 0 aliphatic carbocycles. The van der Waals surface area contributed by atoms with Gasteiger partial charge in [-0.1, -0.05) is 0 Å². The monoisotopic (exact) mass is 237 g/mol. The highest BCUT2D eigenvalue weighted by Gasteiger charge is 2.09. The predicted octanol–water partition coefficient (Wildman–Crippen LogP) is 0.834. The molecule has 0 aromatic carbocycles. The van der Waals surface area contributed by atoms with E-state index in [2.05, 4.69) is 15.2 Å². The number of rotatable bonds is 5. The van der Waals surface area contributed by atoms with Gasteiger partial charge in [-0.15, -0.1) is 0 Å². The van der Waals surface area contributed by atoms with Crippen molar-refractivity contribution in [3.63, 3.8) is 0 Å². The Morgan fingerprint density at radius 2 is 2.29 bits per heavy atom. The van der Waals surface area contributed by atoms with Gasteiger partial charge in [-0.25, -0.2) is 4.98 Å². The minimum Gasteiger partial charge on any atom is -0.493 e. The number of nitrogens with one attached hydrogen (secondary N) is 1. The summed E-state index contributed by atoms with van der Waals surface area (Å²) in [5.74, 6) is 1.60. The second-order valence-electron chi connectivity index (χ2n) is 3.94. The van der Waals surface area contributed by atoms with Gasteiger partial charge in [0.25, 0.3) is 0 Å². The van der Waals surface area contributed by atoms with Crippen LogP contribution in [0.3, 0.4) is 0 Å². The summed E-state index contributed by atoms with van der Waals surface area (Å²) in [6.45, 7) is 5.58. The van der Waals surface area contributed by atoms with E-state index in [0.29, 0.717) is 0 Å². The predicted molar refractivity (Wildman–Crippen MR) is 66.5 cm³/mol. The maximum absolute atomic E-state index is 5.31. The van der Waals surface area contributed by atoms with Crippen LogP contribution in [-0.4, -0.2) is 56.4 Å². The summed E-state index contributed by atoms with van der Waals surface area (Å²) in [4.78, 5) is 6.63. The molecular weight excluding hydrogens is 218 g/mol. The quantitative estimate of drug-likeness (QED) is 0.822. The van der Waals surface area contributed by atoms with Crippen molar-refractivity contribution in [3.05, 3.63) is 18.3 Å². The van der Waals surface area contributed by atoms with Crippen molar-refractivity contribution in [2.75, 3.05) is 51.8 Å². The van der Waals surface area contributed by atoms with E-state index in [9.17, 15) is 0 Å². The number of anilines is 1. The lowest BCUT2D eigenvalue weighted by Crippen LogP contribution is -2.39. The van der Waals surface area contributed by atoms with Crippen molar-refractivity contribution in [3.8, 4) is 5.75 Å². The fraction of sp³-hybridized carbons (Fsp3) is 0.583. The summed E-state index contributed by atoms with van der Waals surface area (Å²) >= 11 is 0. The largest absolute Gasteiger partial charge is 0.493 e. The molecule has 1 aromatic heterocycles. The van der Waals surface area contributed by atoms with E-state index in [1.54, 1.807) is 13.3 Å². The van der Waals surface area contributed by atoms with Crippen LogP contribution in [0.2, 0.25) is 0 Å². The minimum atomic E-state index is 0.787. The lowest BCUT2D eigenvalue weighted by Gasteiger charge is -2.26. The summed E-state index contributed by atoms with van der Waals surface area (Å²) in [7, 11) is 1.66. The van der Waals surface area contributed by atoms with Gasteiger partial charge >= 0.3 is 0 Å². The molecule has 2 heterocycles. The molecule has 0 bridgehead atoms. The first-order chi connectivity index (χ1) is 8.40. The van der Waals surface area contributed by atoms with Gasteiger partial charge in [-0.2, -0.15) is 0 Å². The first-order valence-electron chi connectivity index (χ1n) is 5.93. The molecule has 0 amide bonds. The third kappa shape index (κ3) is 3.57. The minimum absolute atomic E-state index is 0.787. The van der Waals surface area contributed by atoms with Gasteiger partial charge in [0.05, 0.1) is 20.3 Å². The Labute approximate surface area is 102 Å². The highest BCUT2D eigenvalue weighted by molar-refractivity contribution is 5.49. The van der Waals surface area contributed by atoms with Crippen LogP contribution < -0.4 is 10.1 Å². The summed E-state index contributed by atoms with van der Waals surface area (Å²) in [6, 6.07) is 3.77. The summed E-state index contributed by atoms with van der Waals surface area (Å²) in [6.07, 6.45) is 1.76. The van der Waals surface area contributed by atoms with E-state index in [4.69, 9.17) is 9.47 Å². The average molecular weight is 237 g/mol. The standard InChI is InChI=1S/C12H19N3O2/c1-16-11-3-2-4-13-12(11)14-5-6-15-7-9-17-10-8-15/h2-4H,5-10H2,1H3,(H,13,14). The third-order valence-electron chi connectivity index (χ3n) is 2.81. The van der Waals surface area contributed by atoms with Crippen LogP contribution in [0.25, 0.3) is 0 Å². The van der Waals surface area contributed by atoms with Crippen LogP contribution >= 0.6 is 0 Å². The molecule has 0 atom stereocenters. The number of hydrogen-bond donors (Lipinski definition) is 1. The third-order valence-corrected chi connectivity index (χ3v) is 2.81. The van der Waals surface area contributed by atoms with Gasteiger partial charge in [0, 0.05) is 32.4 Å². The molecule has 5 nitrogen and oxygen atoms in total. The molecular formula is C12H19N3O2. The molecule has 1 N–H and O–H groups in total. The fourth-order valence-corrected chi connectivity index (χ4v) is 1.85. The second-order valence-corrected chi connectivity index (χ2v) is 3.94. The lowest BCUT2D eigenvalue weighted by molar-refractivity contribution is 0.0398. The molecule has 94 valence electrons. The zero-order valence-corrected chi connectivity index (χ0v) is 10.2. The number of aromatic nitrogens is 1. The van der Waals surface area contributed by atoms with Crippen molar-refractivity contribution in [2.45, 2.75) is 0 Å². The van der Waals surface area contributed by atoms with Crippen LogP contribution in [-0.2, 0) is 4.74 Å². The Bertz CT molecular complexity index is 340. The Hall–Kier alpha value is -1.33. The zero-order chi connectivity index (χ0) is 11.9. The summed E-state index contributed by atoms with van der Waals surface area (Å²) < 4.78 is 10.5. The Morgan fingerprint density at radius 3 is 3.06 bits per heavy atom. The normalized spacial score (nSPS) is 16.8. The molecule has 1 fully saturated rings. The molecule has 0 spiro atoms. The highest BCUT2D eigenvalue weighted by atomic mass is 16.5. The molecule has 2 rings (SSSR count). The molecule has 17 heavy (non-hydrogen) atoms. The average Bonchev–Trinajstić information content (AvgIpc) is 2.40. The van der Waals surface area contributed by atoms with Gasteiger partial charge < -0.3 is 14.8 Å². The number of methoxy groups -OCH3 is 1. The van der Waals surface area contributed by atoms with Crippen LogP contribution in [0, 0.1) is 0 Å². The molecule has 5 heteroatoms. The molecule has 0 unspecified atom stereocenters. The molecule has 1 aromatic rings. The van der Waals surface area contributed by atoms with Crippen molar-refractivity contribution in [2.24, 2.45) is 0 Å². The van der Waals surface area contributed by atoms with Crippen LogP contribution in [0.4, 0.5) is 5.82 Å². The molecule has 0 saturated carbocycles. The van der Waals surface area contributed by atoms with E-state index in [1.165, 1.54) is 0 Å². The number of ether oxygens (including phenoxy) is 2. The van der Waals surface area contributed by atoms with E-state index in [1.807, 2.05) is 12.1 Å². The lowest BCUT2D eigenvalue weighted by atomic mass is 10.4. The van der Waals surface area contributed by atoms with E-state index in [-0.39, 0.29) is 0 Å². The van der Waals surface area contributed by atoms with Crippen LogP contribution in [0.5, 0.6) is 5.75 Å². The maximum Gasteiger partial charge on any atom is 0.168 e. The van der Waals surface area contributed by atoms with Gasteiger partial charge in [0.2, 0.25) is 0 Å². The summed E-state index contributed by atoms with van der Waals surface area (Å²) in [5.41, 5.74) is 0. The van der Waals surface area contributed by atoms with Crippen molar-refractivity contribution >= 4 is 5.82 Å². The van der Waals surface area contributed by atoms with Crippen LogP contribution in [0.15, 0.2) is 18.3 Å². The van der Waals surface area contributed by atoms with Crippen LogP contribution in [0.1, 0.15) is 0 Å². The van der Waals surface area contributed by atoms with Crippen molar-refractivity contribution in [1.82, 2.24) is 9.88 Å². The number of nitrogens with zero attached hydrogens (tertiary/aromatic N) is 2. The number of morpholine rings is 1. The molecule has 1 saturated heterocycles. The zero-order valence-electron chi connectivity index (χ0n) is 10.2. The SMILES string of the molecule is COc1cccnc1NCCN1CCOCC1. The fourth-order valence-electron chi connectivity index (χ4n) is 1.85. The topological polar surface area (TPSA) is 46.6 Å². The highest BCUT2D eigenvalue weighted by Crippen LogP contribution is 2.19. The van der Waals surface area contributed by atoms with Gasteiger partial charge in [0.1, 0.15) is 0 Å². The summed E-state index contributed by atoms with van der Waals surface area (Å²) in [5, 5.41) is 3.29. The van der Waals surface area contributed by atoms with E-state index >= 15 is 0 Å².